The van der Waals surface area contributed by atoms with Crippen molar-refractivity contribution in [3.8, 4) is 0 Å². The van der Waals surface area contributed by atoms with Crippen LogP contribution in [0.25, 0.3) is 0 Å². The van der Waals surface area contributed by atoms with Gasteiger partial charge < -0.3 is 15.2 Å². The second-order valence-electron chi connectivity index (χ2n) is 3.95. The van der Waals surface area contributed by atoms with Crippen LogP contribution in [-0.2, 0) is 4.74 Å². The maximum absolute atomic E-state index is 9.03. The number of aliphatic hydroxyl groups excluding tert-OH is 1. The van der Waals surface area contributed by atoms with Gasteiger partial charge in [-0.15, -0.1) is 0 Å². The molecule has 0 aromatic carbocycles. The van der Waals surface area contributed by atoms with Crippen LogP contribution in [0.5, 0.6) is 0 Å². The predicted molar refractivity (Wildman–Crippen MR) is 52.7 cm³/mol. The summed E-state index contributed by atoms with van der Waals surface area (Å²) in [6, 6.07) is 0. The van der Waals surface area contributed by atoms with E-state index in [9.17, 15) is 0 Å². The zero-order valence-corrected chi connectivity index (χ0v) is 8.51. The van der Waals surface area contributed by atoms with E-state index in [1.165, 1.54) is 12.8 Å². The highest BCUT2D eigenvalue weighted by Crippen LogP contribution is 2.44. The fraction of sp³-hybridized carbons (Fsp3) is 1.00. The maximum Gasteiger partial charge on any atom is 0.0590 e. The Labute approximate surface area is 80.5 Å². The largest absolute Gasteiger partial charge is 0.396 e. The minimum absolute atomic E-state index is 0.227. The van der Waals surface area contributed by atoms with Crippen molar-refractivity contribution < 1.29 is 9.84 Å². The highest BCUT2D eigenvalue weighted by atomic mass is 16.5. The van der Waals surface area contributed by atoms with Gasteiger partial charge in [0, 0.05) is 31.7 Å². The molecule has 0 amide bonds. The summed E-state index contributed by atoms with van der Waals surface area (Å²) in [5.74, 6) is 0. The van der Waals surface area contributed by atoms with Crippen molar-refractivity contribution in [1.82, 2.24) is 5.32 Å². The third kappa shape index (κ3) is 4.07. The Bertz CT molecular complexity index is 135. The Balaban J connectivity index is 1.84. The smallest absolute Gasteiger partial charge is 0.0590 e. The van der Waals surface area contributed by atoms with Crippen LogP contribution in [0.1, 0.15) is 26.2 Å². The van der Waals surface area contributed by atoms with Crippen LogP contribution in [0.4, 0.5) is 0 Å². The van der Waals surface area contributed by atoms with Crippen LogP contribution >= 0.6 is 0 Å². The molecule has 1 aliphatic carbocycles. The molecule has 0 spiro atoms. The second kappa shape index (κ2) is 5.58. The van der Waals surface area contributed by atoms with Crippen LogP contribution in [0.3, 0.4) is 0 Å². The predicted octanol–water partition coefficient (Wildman–Crippen LogP) is 0.775. The van der Waals surface area contributed by atoms with Crippen LogP contribution in [0.2, 0.25) is 0 Å². The van der Waals surface area contributed by atoms with Crippen molar-refractivity contribution in [2.45, 2.75) is 26.2 Å². The fourth-order valence-corrected chi connectivity index (χ4v) is 1.31. The molecule has 0 heterocycles. The van der Waals surface area contributed by atoms with Gasteiger partial charge in [0.15, 0.2) is 0 Å². The molecule has 3 nitrogen and oxygen atoms in total. The van der Waals surface area contributed by atoms with Crippen molar-refractivity contribution in [2.24, 2.45) is 5.41 Å². The molecule has 1 saturated carbocycles. The molecule has 1 fully saturated rings. The molecule has 3 heteroatoms. The van der Waals surface area contributed by atoms with E-state index in [1.54, 1.807) is 0 Å². The first-order chi connectivity index (χ1) is 6.33. The summed E-state index contributed by atoms with van der Waals surface area (Å²) < 4.78 is 5.33. The summed E-state index contributed by atoms with van der Waals surface area (Å²) in [6.07, 6.45) is 3.43. The summed E-state index contributed by atoms with van der Waals surface area (Å²) in [5, 5.41) is 12.3. The Morgan fingerprint density at radius 3 is 2.69 bits per heavy atom. The molecule has 0 aromatic heterocycles. The molecule has 0 saturated heterocycles. The molecule has 0 atom stereocenters. The summed E-state index contributed by atoms with van der Waals surface area (Å²) in [5.41, 5.74) is 0.227. The molecule has 1 aliphatic rings. The first-order valence-corrected chi connectivity index (χ1v) is 5.22. The molecule has 0 aliphatic heterocycles. The minimum Gasteiger partial charge on any atom is -0.396 e. The van der Waals surface area contributed by atoms with E-state index in [2.05, 4.69) is 12.2 Å². The normalized spacial score (nSPS) is 18.9. The molecule has 1 rings (SSSR count). The highest BCUT2D eigenvalue weighted by Gasteiger charge is 2.41. The van der Waals surface area contributed by atoms with E-state index in [4.69, 9.17) is 9.84 Å². The number of aliphatic hydroxyl groups is 1. The van der Waals surface area contributed by atoms with Crippen molar-refractivity contribution >= 4 is 0 Å². The van der Waals surface area contributed by atoms with Gasteiger partial charge in [-0.2, -0.15) is 0 Å². The van der Waals surface area contributed by atoms with E-state index in [0.29, 0.717) is 6.61 Å². The molecule has 2 N–H and O–H groups in total. The number of rotatable bonds is 8. The number of nitrogens with one attached hydrogen (secondary N) is 1. The number of hydrogen-bond acceptors (Lipinski definition) is 3. The lowest BCUT2D eigenvalue weighted by Gasteiger charge is -2.12. The van der Waals surface area contributed by atoms with Crippen molar-refractivity contribution in [2.75, 3.05) is 32.9 Å². The third-order valence-corrected chi connectivity index (χ3v) is 2.56. The van der Waals surface area contributed by atoms with E-state index in [-0.39, 0.29) is 5.41 Å². The quantitative estimate of drug-likeness (QED) is 0.552. The Hall–Kier alpha value is -0.120. The van der Waals surface area contributed by atoms with Crippen LogP contribution in [0, 0.1) is 5.41 Å². The zero-order valence-electron chi connectivity index (χ0n) is 8.51. The standard InChI is InChI=1S/C10H21NO2/c1-2-6-13-7-5-11-8-10(9-12)3-4-10/h11-12H,2-9H2,1H3. The van der Waals surface area contributed by atoms with Gasteiger partial charge in [0.25, 0.3) is 0 Å². The maximum atomic E-state index is 9.03. The summed E-state index contributed by atoms with van der Waals surface area (Å²) in [4.78, 5) is 0. The van der Waals surface area contributed by atoms with Gasteiger partial charge in [-0.25, -0.2) is 0 Å². The second-order valence-corrected chi connectivity index (χ2v) is 3.95. The highest BCUT2D eigenvalue weighted by molar-refractivity contribution is 4.94. The van der Waals surface area contributed by atoms with Gasteiger partial charge in [0.05, 0.1) is 6.61 Å². The molecule has 0 radical (unpaired) electrons. The van der Waals surface area contributed by atoms with Crippen molar-refractivity contribution in [1.29, 1.82) is 0 Å². The van der Waals surface area contributed by atoms with E-state index < -0.39 is 0 Å². The van der Waals surface area contributed by atoms with E-state index in [0.717, 1.165) is 32.7 Å². The van der Waals surface area contributed by atoms with Crippen LogP contribution in [0.15, 0.2) is 0 Å². The summed E-state index contributed by atoms with van der Waals surface area (Å²) in [7, 11) is 0. The third-order valence-electron chi connectivity index (χ3n) is 2.56. The SMILES string of the molecule is CCCOCCNCC1(CO)CC1. The minimum atomic E-state index is 0.227. The van der Waals surface area contributed by atoms with Gasteiger partial charge in [-0.1, -0.05) is 6.92 Å². The Morgan fingerprint density at radius 1 is 1.38 bits per heavy atom. The summed E-state index contributed by atoms with van der Waals surface area (Å²) >= 11 is 0. The van der Waals surface area contributed by atoms with Crippen LogP contribution in [-0.4, -0.2) is 38.0 Å². The van der Waals surface area contributed by atoms with Gasteiger partial charge in [0.2, 0.25) is 0 Å². The first-order valence-electron chi connectivity index (χ1n) is 5.22. The Morgan fingerprint density at radius 2 is 2.15 bits per heavy atom. The number of hydrogen-bond donors (Lipinski definition) is 2. The van der Waals surface area contributed by atoms with Gasteiger partial charge in [-0.05, 0) is 19.3 Å². The monoisotopic (exact) mass is 187 g/mol. The van der Waals surface area contributed by atoms with E-state index in [1.807, 2.05) is 0 Å². The molecular weight excluding hydrogens is 166 g/mol. The average Bonchev–Trinajstić information content (AvgIpc) is 2.92. The lowest BCUT2D eigenvalue weighted by molar-refractivity contribution is 0.133. The molecule has 78 valence electrons. The number of ether oxygens (including phenoxy) is 1. The lowest BCUT2D eigenvalue weighted by Crippen LogP contribution is -2.29. The van der Waals surface area contributed by atoms with Gasteiger partial charge >= 0.3 is 0 Å². The lowest BCUT2D eigenvalue weighted by atomic mass is 10.1. The van der Waals surface area contributed by atoms with Crippen molar-refractivity contribution in [3.05, 3.63) is 0 Å². The Kier molecular flexibility index (Phi) is 4.70. The average molecular weight is 187 g/mol. The zero-order chi connectivity index (χ0) is 9.57. The molecule has 0 bridgehead atoms. The first kappa shape index (κ1) is 11.0. The molecule has 0 unspecified atom stereocenters. The topological polar surface area (TPSA) is 41.5 Å². The van der Waals surface area contributed by atoms with Gasteiger partial charge in [0.1, 0.15) is 0 Å². The van der Waals surface area contributed by atoms with Crippen molar-refractivity contribution in [3.63, 3.8) is 0 Å². The van der Waals surface area contributed by atoms with Gasteiger partial charge in [-0.3, -0.25) is 0 Å². The summed E-state index contributed by atoms with van der Waals surface area (Å²) in [6.45, 7) is 5.93. The molecule has 0 aromatic rings. The molecular formula is C10H21NO2. The fourth-order valence-electron chi connectivity index (χ4n) is 1.31. The van der Waals surface area contributed by atoms with Crippen LogP contribution < -0.4 is 5.32 Å². The van der Waals surface area contributed by atoms with E-state index >= 15 is 0 Å². The molecule has 13 heavy (non-hydrogen) atoms.